The minimum atomic E-state index is -0.0137. The van der Waals surface area contributed by atoms with Crippen molar-refractivity contribution >= 4 is 17.5 Å². The molecule has 4 heteroatoms. The third-order valence-electron chi connectivity index (χ3n) is 5.53. The molecule has 3 rings (SSSR count). The van der Waals surface area contributed by atoms with Crippen molar-refractivity contribution in [2.45, 2.75) is 45.6 Å². The van der Waals surface area contributed by atoms with Crippen LogP contribution >= 0.6 is 0 Å². The summed E-state index contributed by atoms with van der Waals surface area (Å²) in [6.07, 6.45) is 3.05. The molecule has 1 aliphatic rings. The SMILES string of the molecule is Cc1ccccc1NC(=O)C1CCC(C(=O)NC(C)c2ccccc2)CC1. The largest absolute Gasteiger partial charge is 0.349 e. The number of amides is 2. The van der Waals surface area contributed by atoms with E-state index in [2.05, 4.69) is 10.6 Å². The Morgan fingerprint density at radius 3 is 2.04 bits per heavy atom. The predicted octanol–water partition coefficient (Wildman–Crippen LogP) is 4.62. The van der Waals surface area contributed by atoms with Crippen molar-refractivity contribution in [3.63, 3.8) is 0 Å². The molecule has 1 atom stereocenters. The lowest BCUT2D eigenvalue weighted by Gasteiger charge is -2.28. The number of rotatable bonds is 5. The zero-order chi connectivity index (χ0) is 19.2. The third kappa shape index (κ3) is 4.97. The first-order valence-electron chi connectivity index (χ1n) is 9.76. The Hall–Kier alpha value is -2.62. The van der Waals surface area contributed by atoms with Gasteiger partial charge in [-0.25, -0.2) is 0 Å². The van der Waals surface area contributed by atoms with Gasteiger partial charge in [0.05, 0.1) is 6.04 Å². The summed E-state index contributed by atoms with van der Waals surface area (Å²) in [5, 5.41) is 6.16. The summed E-state index contributed by atoms with van der Waals surface area (Å²) >= 11 is 0. The molecular weight excluding hydrogens is 336 g/mol. The second-order valence-electron chi connectivity index (χ2n) is 7.49. The molecule has 2 amide bonds. The highest BCUT2D eigenvalue weighted by molar-refractivity contribution is 5.93. The normalized spacial score (nSPS) is 20.5. The maximum atomic E-state index is 12.6. The molecule has 0 heterocycles. The van der Waals surface area contributed by atoms with Gasteiger partial charge in [-0.1, -0.05) is 48.5 Å². The van der Waals surface area contributed by atoms with Gasteiger partial charge in [0.1, 0.15) is 0 Å². The molecule has 2 aromatic carbocycles. The highest BCUT2D eigenvalue weighted by Crippen LogP contribution is 2.30. The van der Waals surface area contributed by atoms with Crippen LogP contribution in [0.4, 0.5) is 5.69 Å². The van der Waals surface area contributed by atoms with Crippen LogP contribution in [0.25, 0.3) is 0 Å². The maximum Gasteiger partial charge on any atom is 0.227 e. The average molecular weight is 364 g/mol. The fourth-order valence-electron chi connectivity index (χ4n) is 3.72. The summed E-state index contributed by atoms with van der Waals surface area (Å²) in [6, 6.07) is 17.8. The van der Waals surface area contributed by atoms with Gasteiger partial charge < -0.3 is 10.6 Å². The summed E-state index contributed by atoms with van der Waals surface area (Å²) in [7, 11) is 0. The lowest BCUT2D eigenvalue weighted by atomic mass is 9.81. The summed E-state index contributed by atoms with van der Waals surface area (Å²) in [4.78, 5) is 25.1. The van der Waals surface area contributed by atoms with Crippen molar-refractivity contribution in [3.05, 3.63) is 65.7 Å². The van der Waals surface area contributed by atoms with Crippen LogP contribution in [0.2, 0.25) is 0 Å². The van der Waals surface area contributed by atoms with E-state index in [0.29, 0.717) is 0 Å². The van der Waals surface area contributed by atoms with Crippen LogP contribution in [0, 0.1) is 18.8 Å². The molecule has 1 fully saturated rings. The first-order valence-corrected chi connectivity index (χ1v) is 9.76. The topological polar surface area (TPSA) is 58.2 Å². The number of carbonyl (C=O) groups is 2. The molecular formula is C23H28N2O2. The minimum absolute atomic E-state index is 0.000720. The highest BCUT2D eigenvalue weighted by atomic mass is 16.2. The van der Waals surface area contributed by atoms with E-state index < -0.39 is 0 Å². The van der Waals surface area contributed by atoms with Crippen LogP contribution < -0.4 is 10.6 Å². The number of carbonyl (C=O) groups excluding carboxylic acids is 2. The Bertz CT molecular complexity index is 780. The molecule has 4 nitrogen and oxygen atoms in total. The monoisotopic (exact) mass is 364 g/mol. The number of hydrogen-bond donors (Lipinski definition) is 2. The Morgan fingerprint density at radius 1 is 0.852 bits per heavy atom. The molecule has 2 N–H and O–H groups in total. The van der Waals surface area contributed by atoms with E-state index in [1.54, 1.807) is 0 Å². The van der Waals surface area contributed by atoms with Crippen LogP contribution in [0.5, 0.6) is 0 Å². The summed E-state index contributed by atoms with van der Waals surface area (Å²) in [5.41, 5.74) is 3.05. The van der Waals surface area contributed by atoms with E-state index in [9.17, 15) is 9.59 Å². The molecule has 0 aromatic heterocycles. The minimum Gasteiger partial charge on any atom is -0.349 e. The van der Waals surface area contributed by atoms with Gasteiger partial charge >= 0.3 is 0 Å². The lowest BCUT2D eigenvalue weighted by Crippen LogP contribution is -2.36. The molecule has 0 spiro atoms. The number of anilines is 1. The van der Waals surface area contributed by atoms with E-state index in [0.717, 1.165) is 42.5 Å². The molecule has 0 radical (unpaired) electrons. The third-order valence-corrected chi connectivity index (χ3v) is 5.53. The summed E-state index contributed by atoms with van der Waals surface area (Å²) in [5.74, 6) is 0.156. The molecule has 142 valence electrons. The summed E-state index contributed by atoms with van der Waals surface area (Å²) < 4.78 is 0. The zero-order valence-corrected chi connectivity index (χ0v) is 16.1. The molecule has 0 saturated heterocycles. The van der Waals surface area contributed by atoms with Crippen molar-refractivity contribution in [2.24, 2.45) is 11.8 Å². The van der Waals surface area contributed by atoms with E-state index in [4.69, 9.17) is 0 Å². The lowest BCUT2D eigenvalue weighted by molar-refractivity contribution is -0.129. The van der Waals surface area contributed by atoms with Crippen LogP contribution in [0.1, 0.15) is 49.8 Å². The molecule has 0 bridgehead atoms. The van der Waals surface area contributed by atoms with Gasteiger partial charge in [-0.05, 0) is 56.7 Å². The zero-order valence-electron chi connectivity index (χ0n) is 16.1. The first kappa shape index (κ1) is 19.2. The van der Waals surface area contributed by atoms with E-state index >= 15 is 0 Å². The smallest absolute Gasteiger partial charge is 0.227 e. The molecule has 1 unspecified atom stereocenters. The van der Waals surface area contributed by atoms with Crippen LogP contribution in [0.3, 0.4) is 0 Å². The fourth-order valence-corrected chi connectivity index (χ4v) is 3.72. The molecule has 1 saturated carbocycles. The van der Waals surface area contributed by atoms with Gasteiger partial charge in [-0.3, -0.25) is 9.59 Å². The van der Waals surface area contributed by atoms with Gasteiger partial charge in [0.15, 0.2) is 0 Å². The van der Waals surface area contributed by atoms with E-state index in [1.165, 1.54) is 0 Å². The van der Waals surface area contributed by atoms with Gasteiger partial charge in [-0.2, -0.15) is 0 Å². The van der Waals surface area contributed by atoms with E-state index in [1.807, 2.05) is 68.4 Å². The van der Waals surface area contributed by atoms with Gasteiger partial charge in [0.2, 0.25) is 11.8 Å². The fraction of sp³-hybridized carbons (Fsp3) is 0.391. The van der Waals surface area contributed by atoms with Crippen molar-refractivity contribution < 1.29 is 9.59 Å². The molecule has 2 aromatic rings. The van der Waals surface area contributed by atoms with Crippen molar-refractivity contribution in [2.75, 3.05) is 5.32 Å². The molecule has 27 heavy (non-hydrogen) atoms. The van der Waals surface area contributed by atoms with Crippen molar-refractivity contribution in [1.29, 1.82) is 0 Å². The second-order valence-corrected chi connectivity index (χ2v) is 7.49. The Labute approximate surface area is 161 Å². The number of nitrogens with one attached hydrogen (secondary N) is 2. The van der Waals surface area contributed by atoms with Crippen LogP contribution in [-0.4, -0.2) is 11.8 Å². The number of aryl methyl sites for hydroxylation is 1. The van der Waals surface area contributed by atoms with Gasteiger partial charge in [-0.15, -0.1) is 0 Å². The standard InChI is InChI=1S/C23H28N2O2/c1-16-8-6-7-11-21(16)25-23(27)20-14-12-19(13-15-20)22(26)24-17(2)18-9-4-3-5-10-18/h3-11,17,19-20H,12-15H2,1-2H3,(H,24,26)(H,25,27). The molecule has 1 aliphatic carbocycles. The van der Waals surface area contributed by atoms with Gasteiger partial charge in [0.25, 0.3) is 0 Å². The maximum absolute atomic E-state index is 12.6. The van der Waals surface area contributed by atoms with Crippen molar-refractivity contribution in [1.82, 2.24) is 5.32 Å². The number of benzene rings is 2. The quantitative estimate of drug-likeness (QED) is 0.813. The number of hydrogen-bond acceptors (Lipinski definition) is 2. The Balaban J connectivity index is 1.49. The first-order chi connectivity index (χ1) is 13.0. The van der Waals surface area contributed by atoms with Crippen LogP contribution in [0.15, 0.2) is 54.6 Å². The predicted molar refractivity (Wildman–Crippen MR) is 108 cm³/mol. The highest BCUT2D eigenvalue weighted by Gasteiger charge is 2.30. The Kier molecular flexibility index (Phi) is 6.28. The van der Waals surface area contributed by atoms with Crippen LogP contribution in [-0.2, 0) is 9.59 Å². The summed E-state index contributed by atoms with van der Waals surface area (Å²) in [6.45, 7) is 4.00. The molecule has 0 aliphatic heterocycles. The average Bonchev–Trinajstić information content (AvgIpc) is 2.70. The van der Waals surface area contributed by atoms with Gasteiger partial charge in [0, 0.05) is 17.5 Å². The Morgan fingerprint density at radius 2 is 1.41 bits per heavy atom. The second kappa shape index (κ2) is 8.85. The van der Waals surface area contributed by atoms with Crippen molar-refractivity contribution in [3.8, 4) is 0 Å². The van der Waals surface area contributed by atoms with E-state index in [-0.39, 0.29) is 29.7 Å². The number of para-hydroxylation sites is 1.